The van der Waals surface area contributed by atoms with Gasteiger partial charge in [0.1, 0.15) is 0 Å². The summed E-state index contributed by atoms with van der Waals surface area (Å²) >= 11 is 5.59. The molecule has 1 amide bonds. The van der Waals surface area contributed by atoms with E-state index in [0.29, 0.717) is 10.7 Å². The molecule has 0 radical (unpaired) electrons. The average molecular weight is 224 g/mol. The van der Waals surface area contributed by atoms with Crippen molar-refractivity contribution in [3.8, 4) is 0 Å². The molecular formula is C10H6ClNO3. The number of fused-ring (bicyclic) bond motifs is 1. The Balaban J connectivity index is 2.62. The van der Waals surface area contributed by atoms with Crippen LogP contribution in [0.3, 0.4) is 0 Å². The number of Topliss-reactive ketones (excluding diaryl/α,β-unsaturated/α-hetero) is 1. The first-order valence-corrected chi connectivity index (χ1v) is 4.58. The fourth-order valence-corrected chi connectivity index (χ4v) is 1.73. The molecule has 0 fully saturated rings. The van der Waals surface area contributed by atoms with E-state index in [9.17, 15) is 14.4 Å². The van der Waals surface area contributed by atoms with Gasteiger partial charge in [0.05, 0.1) is 5.56 Å². The second-order valence-corrected chi connectivity index (χ2v) is 3.47. The Morgan fingerprint density at radius 2 is 1.80 bits per heavy atom. The van der Waals surface area contributed by atoms with E-state index in [0.717, 1.165) is 0 Å². The SMILES string of the molecule is O=C[C@@H]1C(=O)c2ccccc2C(=O)N1Cl. The monoisotopic (exact) mass is 223 g/mol. The molecule has 2 rings (SSSR count). The van der Waals surface area contributed by atoms with Gasteiger partial charge in [-0.3, -0.25) is 9.59 Å². The van der Waals surface area contributed by atoms with Crippen LogP contribution in [0.1, 0.15) is 20.7 Å². The van der Waals surface area contributed by atoms with E-state index in [2.05, 4.69) is 0 Å². The quantitative estimate of drug-likeness (QED) is 0.406. The Morgan fingerprint density at radius 1 is 1.20 bits per heavy atom. The van der Waals surface area contributed by atoms with Crippen LogP contribution < -0.4 is 0 Å². The van der Waals surface area contributed by atoms with E-state index < -0.39 is 17.7 Å². The second kappa shape index (κ2) is 3.47. The summed E-state index contributed by atoms with van der Waals surface area (Å²) in [4.78, 5) is 33.9. The van der Waals surface area contributed by atoms with Crippen molar-refractivity contribution in [1.29, 1.82) is 0 Å². The highest BCUT2D eigenvalue weighted by atomic mass is 35.5. The van der Waals surface area contributed by atoms with Gasteiger partial charge in [-0.25, -0.2) is 4.42 Å². The highest BCUT2D eigenvalue weighted by molar-refractivity contribution is 6.32. The average Bonchev–Trinajstić information content (AvgIpc) is 2.27. The molecule has 0 bridgehead atoms. The Bertz CT molecular complexity index is 458. The van der Waals surface area contributed by atoms with Crippen molar-refractivity contribution in [3.63, 3.8) is 0 Å². The van der Waals surface area contributed by atoms with E-state index in [1.807, 2.05) is 0 Å². The molecule has 4 nitrogen and oxygen atoms in total. The number of rotatable bonds is 1. The summed E-state index contributed by atoms with van der Waals surface area (Å²) < 4.78 is 0.637. The lowest BCUT2D eigenvalue weighted by molar-refractivity contribution is -0.109. The molecule has 76 valence electrons. The topological polar surface area (TPSA) is 54.5 Å². The molecule has 1 aromatic rings. The maximum absolute atomic E-state index is 11.7. The van der Waals surface area contributed by atoms with Crippen molar-refractivity contribution in [1.82, 2.24) is 4.42 Å². The van der Waals surface area contributed by atoms with Gasteiger partial charge in [-0.2, -0.15) is 0 Å². The van der Waals surface area contributed by atoms with E-state index >= 15 is 0 Å². The first-order valence-electron chi connectivity index (χ1n) is 4.24. The molecule has 0 N–H and O–H groups in total. The summed E-state index contributed by atoms with van der Waals surface area (Å²) in [7, 11) is 0. The Kier molecular flexibility index (Phi) is 2.28. The van der Waals surface area contributed by atoms with Crippen molar-refractivity contribution in [2.24, 2.45) is 0 Å². The van der Waals surface area contributed by atoms with Gasteiger partial charge in [0, 0.05) is 17.3 Å². The zero-order valence-corrected chi connectivity index (χ0v) is 8.27. The fourth-order valence-electron chi connectivity index (χ4n) is 1.50. The predicted octanol–water partition coefficient (Wildman–Crippen LogP) is 1.05. The number of aldehydes is 1. The summed E-state index contributed by atoms with van der Waals surface area (Å²) in [6.45, 7) is 0. The molecule has 1 heterocycles. The van der Waals surface area contributed by atoms with Crippen LogP contribution in [-0.2, 0) is 4.79 Å². The van der Waals surface area contributed by atoms with Crippen molar-refractivity contribution in [3.05, 3.63) is 35.4 Å². The predicted molar refractivity (Wildman–Crippen MR) is 52.6 cm³/mol. The number of benzene rings is 1. The second-order valence-electron chi connectivity index (χ2n) is 3.11. The van der Waals surface area contributed by atoms with Gasteiger partial charge >= 0.3 is 0 Å². The van der Waals surface area contributed by atoms with E-state index in [4.69, 9.17) is 11.8 Å². The van der Waals surface area contributed by atoms with Crippen molar-refractivity contribution in [2.45, 2.75) is 6.04 Å². The lowest BCUT2D eigenvalue weighted by Crippen LogP contribution is -2.45. The standard InChI is InChI=1S/C10H6ClNO3/c11-12-8(5-13)9(14)6-3-1-2-4-7(6)10(12)15/h1-5,8H/t8-/m1/s1. The lowest BCUT2D eigenvalue weighted by Gasteiger charge is -2.25. The van der Waals surface area contributed by atoms with E-state index in [-0.39, 0.29) is 11.1 Å². The largest absolute Gasteiger partial charge is 0.300 e. The van der Waals surface area contributed by atoms with Crippen LogP contribution >= 0.6 is 11.8 Å². The molecule has 0 spiro atoms. The molecule has 0 saturated carbocycles. The molecule has 1 aromatic carbocycles. The highest BCUT2D eigenvalue weighted by Gasteiger charge is 2.37. The van der Waals surface area contributed by atoms with Gasteiger partial charge in [-0.15, -0.1) is 0 Å². The van der Waals surface area contributed by atoms with Crippen LogP contribution in [0.25, 0.3) is 0 Å². The number of hydrogen-bond donors (Lipinski definition) is 0. The number of carbonyl (C=O) groups is 3. The summed E-state index contributed by atoms with van der Waals surface area (Å²) in [5, 5.41) is 0. The third-order valence-electron chi connectivity index (χ3n) is 2.26. The van der Waals surface area contributed by atoms with Crippen LogP contribution in [0.2, 0.25) is 0 Å². The molecule has 5 heteroatoms. The molecular weight excluding hydrogens is 218 g/mol. The number of carbonyl (C=O) groups excluding carboxylic acids is 3. The summed E-state index contributed by atoms with van der Waals surface area (Å²) in [5.41, 5.74) is 0.479. The third kappa shape index (κ3) is 1.34. The number of amides is 1. The van der Waals surface area contributed by atoms with Gasteiger partial charge in [0.25, 0.3) is 5.91 Å². The Labute approximate surface area is 90.5 Å². The van der Waals surface area contributed by atoms with Crippen LogP contribution in [0.15, 0.2) is 24.3 Å². The van der Waals surface area contributed by atoms with Crippen LogP contribution in [0, 0.1) is 0 Å². The van der Waals surface area contributed by atoms with E-state index in [1.54, 1.807) is 12.1 Å². The lowest BCUT2D eigenvalue weighted by atomic mass is 9.94. The zero-order valence-electron chi connectivity index (χ0n) is 7.51. The van der Waals surface area contributed by atoms with Gasteiger partial charge in [0.15, 0.2) is 18.1 Å². The van der Waals surface area contributed by atoms with Gasteiger partial charge in [0.2, 0.25) is 0 Å². The minimum Gasteiger partial charge on any atom is -0.300 e. The van der Waals surface area contributed by atoms with Crippen molar-refractivity contribution >= 4 is 29.8 Å². The summed E-state index contributed by atoms with van der Waals surface area (Å²) in [5.74, 6) is -0.973. The first-order chi connectivity index (χ1) is 7.16. The molecule has 1 atom stereocenters. The number of hydrogen-bond acceptors (Lipinski definition) is 3. The molecule has 0 aromatic heterocycles. The molecule has 1 aliphatic heterocycles. The Morgan fingerprint density at radius 3 is 2.40 bits per heavy atom. The molecule has 0 unspecified atom stereocenters. The van der Waals surface area contributed by atoms with Gasteiger partial charge < -0.3 is 4.79 Å². The minimum absolute atomic E-state index is 0.232. The Hall–Kier alpha value is -1.68. The number of nitrogens with zero attached hydrogens (tertiary/aromatic N) is 1. The molecule has 0 aliphatic carbocycles. The maximum Gasteiger partial charge on any atom is 0.270 e. The fraction of sp³-hybridized carbons (Fsp3) is 0.100. The number of halogens is 1. The maximum atomic E-state index is 11.7. The molecule has 15 heavy (non-hydrogen) atoms. The van der Waals surface area contributed by atoms with Crippen molar-refractivity contribution < 1.29 is 14.4 Å². The minimum atomic E-state index is -1.21. The first kappa shape index (κ1) is 9.86. The van der Waals surface area contributed by atoms with Crippen molar-refractivity contribution in [2.75, 3.05) is 0 Å². The zero-order chi connectivity index (χ0) is 11.0. The van der Waals surface area contributed by atoms with Crippen LogP contribution in [-0.4, -0.2) is 28.4 Å². The highest BCUT2D eigenvalue weighted by Crippen LogP contribution is 2.23. The van der Waals surface area contributed by atoms with Gasteiger partial charge in [-0.05, 0) is 6.07 Å². The van der Waals surface area contributed by atoms with E-state index in [1.165, 1.54) is 12.1 Å². The smallest absolute Gasteiger partial charge is 0.270 e. The number of ketones is 1. The van der Waals surface area contributed by atoms with Gasteiger partial charge in [-0.1, -0.05) is 18.2 Å². The third-order valence-corrected chi connectivity index (χ3v) is 2.62. The summed E-state index contributed by atoms with van der Waals surface area (Å²) in [6, 6.07) is 5.07. The van der Waals surface area contributed by atoms with Crippen LogP contribution in [0.5, 0.6) is 0 Å². The molecule has 1 aliphatic rings. The summed E-state index contributed by atoms with van der Waals surface area (Å²) in [6.07, 6.45) is 0.364. The molecule has 0 saturated heterocycles. The normalized spacial score (nSPS) is 20.1. The van der Waals surface area contributed by atoms with Crippen LogP contribution in [0.4, 0.5) is 0 Å².